The molecule has 2 aromatic rings. The number of carboxylic acid groups (broad SMARTS) is 1. The van der Waals surface area contributed by atoms with Gasteiger partial charge in [0.15, 0.2) is 5.82 Å². The van der Waals surface area contributed by atoms with Crippen LogP contribution in [0.4, 0.5) is 16.3 Å². The van der Waals surface area contributed by atoms with Gasteiger partial charge in [-0.2, -0.15) is 5.10 Å². The molecule has 1 spiro atoms. The molecule has 8 heteroatoms. The van der Waals surface area contributed by atoms with E-state index in [1.165, 1.54) is 4.90 Å². The smallest absolute Gasteiger partial charge is 0.407 e. The summed E-state index contributed by atoms with van der Waals surface area (Å²) in [7, 11) is 1.86. The van der Waals surface area contributed by atoms with Crippen molar-refractivity contribution in [3.63, 3.8) is 0 Å². The number of benzene rings is 1. The molecule has 1 aromatic heterocycles. The van der Waals surface area contributed by atoms with Crippen molar-refractivity contribution in [3.05, 3.63) is 42.1 Å². The van der Waals surface area contributed by atoms with E-state index in [0.29, 0.717) is 38.4 Å². The minimum Gasteiger partial charge on any atom is -0.465 e. The molecule has 8 nitrogen and oxygen atoms in total. The summed E-state index contributed by atoms with van der Waals surface area (Å²) in [6, 6.07) is 11.7. The molecule has 2 aliphatic rings. The Balaban J connectivity index is 1.72. The van der Waals surface area contributed by atoms with Gasteiger partial charge in [-0.3, -0.25) is 14.4 Å². The monoisotopic (exact) mass is 369 g/mol. The lowest BCUT2D eigenvalue weighted by molar-refractivity contribution is -0.123. The molecule has 0 atom stereocenters. The zero-order valence-corrected chi connectivity index (χ0v) is 15.5. The highest BCUT2D eigenvalue weighted by Crippen LogP contribution is 2.40. The van der Waals surface area contributed by atoms with Crippen LogP contribution in [0.5, 0.6) is 0 Å². The maximum atomic E-state index is 13.5. The van der Waals surface area contributed by atoms with Gasteiger partial charge in [-0.1, -0.05) is 18.2 Å². The highest BCUT2D eigenvalue weighted by molar-refractivity contribution is 6.05. The fourth-order valence-electron chi connectivity index (χ4n) is 4.05. The number of aromatic nitrogens is 2. The van der Waals surface area contributed by atoms with Crippen LogP contribution in [0.15, 0.2) is 36.4 Å². The van der Waals surface area contributed by atoms with Gasteiger partial charge in [0.1, 0.15) is 12.2 Å². The number of piperidine rings is 1. The first kappa shape index (κ1) is 17.4. The van der Waals surface area contributed by atoms with Crippen LogP contribution in [-0.4, -0.2) is 57.1 Å². The Morgan fingerprint density at radius 1 is 1.19 bits per heavy atom. The topological polar surface area (TPSA) is 81.9 Å². The summed E-state index contributed by atoms with van der Waals surface area (Å²) in [6.45, 7) is 3.05. The maximum absolute atomic E-state index is 13.5. The summed E-state index contributed by atoms with van der Waals surface area (Å²) in [6.07, 6.45) is 0.00351. The molecule has 0 aliphatic carbocycles. The number of hydrogen-bond donors (Lipinski definition) is 1. The van der Waals surface area contributed by atoms with Crippen molar-refractivity contribution >= 4 is 23.5 Å². The number of carbonyl (C=O) groups excluding carboxylic acids is 1. The molecular formula is C19H23N5O3. The average molecular weight is 369 g/mol. The van der Waals surface area contributed by atoms with Gasteiger partial charge in [-0.25, -0.2) is 4.79 Å². The van der Waals surface area contributed by atoms with Crippen molar-refractivity contribution in [3.8, 4) is 0 Å². The number of likely N-dealkylation sites (tertiary alicyclic amines) is 1. The van der Waals surface area contributed by atoms with Crippen LogP contribution in [0.25, 0.3) is 0 Å². The summed E-state index contributed by atoms with van der Waals surface area (Å²) in [5, 5.41) is 13.8. The summed E-state index contributed by atoms with van der Waals surface area (Å²) >= 11 is 0. The van der Waals surface area contributed by atoms with Crippen molar-refractivity contribution in [1.82, 2.24) is 14.7 Å². The first-order valence-electron chi connectivity index (χ1n) is 9.05. The summed E-state index contributed by atoms with van der Waals surface area (Å²) in [5.74, 6) is 0.632. The largest absolute Gasteiger partial charge is 0.465 e. The SMILES string of the molecule is Cc1cc(N2CN(c3ccccc3)C3(CCN(C(=O)O)CC3)C2=O)nn1C. The van der Waals surface area contributed by atoms with Crippen molar-refractivity contribution in [2.45, 2.75) is 25.3 Å². The van der Waals surface area contributed by atoms with Gasteiger partial charge >= 0.3 is 6.09 Å². The number of nitrogens with zero attached hydrogens (tertiary/aromatic N) is 5. The fraction of sp³-hybridized carbons (Fsp3) is 0.421. The molecule has 0 unspecified atom stereocenters. The number of para-hydroxylation sites is 1. The van der Waals surface area contributed by atoms with Gasteiger partial charge in [0.05, 0.1) is 0 Å². The summed E-state index contributed by atoms with van der Waals surface area (Å²) in [5.41, 5.74) is 1.20. The first-order valence-corrected chi connectivity index (χ1v) is 9.05. The second-order valence-electron chi connectivity index (χ2n) is 7.21. The average Bonchev–Trinajstić information content (AvgIpc) is 3.14. The standard InChI is InChI=1S/C19H23N5O3/c1-14-12-16(20-21(14)2)23-13-24(15-6-4-3-5-7-15)19(17(23)25)8-10-22(11-9-19)18(26)27/h3-7,12H,8-11,13H2,1-2H3,(H,26,27). The lowest BCUT2D eigenvalue weighted by atomic mass is 9.85. The minimum absolute atomic E-state index is 0.00510. The lowest BCUT2D eigenvalue weighted by Gasteiger charge is -2.42. The van der Waals surface area contributed by atoms with Crippen molar-refractivity contribution < 1.29 is 14.7 Å². The van der Waals surface area contributed by atoms with Crippen LogP contribution in [0.3, 0.4) is 0 Å². The zero-order chi connectivity index (χ0) is 19.2. The van der Waals surface area contributed by atoms with Crippen LogP contribution >= 0.6 is 0 Å². The molecule has 4 rings (SSSR count). The predicted octanol–water partition coefficient (Wildman–Crippen LogP) is 2.05. The third-order valence-corrected chi connectivity index (χ3v) is 5.75. The van der Waals surface area contributed by atoms with E-state index in [2.05, 4.69) is 10.00 Å². The zero-order valence-electron chi connectivity index (χ0n) is 15.5. The van der Waals surface area contributed by atoms with Crippen LogP contribution in [-0.2, 0) is 11.8 Å². The first-order chi connectivity index (χ1) is 12.9. The molecule has 3 heterocycles. The van der Waals surface area contributed by atoms with Crippen LogP contribution in [0.1, 0.15) is 18.5 Å². The van der Waals surface area contributed by atoms with Crippen LogP contribution in [0.2, 0.25) is 0 Å². The van der Waals surface area contributed by atoms with E-state index in [-0.39, 0.29) is 5.91 Å². The number of aryl methyl sites for hydroxylation is 2. The number of anilines is 2. The lowest BCUT2D eigenvalue weighted by Crippen LogP contribution is -2.57. The van der Waals surface area contributed by atoms with Crippen molar-refractivity contribution in [2.24, 2.45) is 7.05 Å². The minimum atomic E-state index is -0.932. The molecule has 142 valence electrons. The maximum Gasteiger partial charge on any atom is 0.407 e. The molecule has 2 saturated heterocycles. The summed E-state index contributed by atoms with van der Waals surface area (Å²) in [4.78, 5) is 30.1. The van der Waals surface area contributed by atoms with Gasteiger partial charge in [0.2, 0.25) is 0 Å². The molecule has 27 heavy (non-hydrogen) atoms. The third kappa shape index (κ3) is 2.72. The van der Waals surface area contributed by atoms with E-state index in [4.69, 9.17) is 0 Å². The van der Waals surface area contributed by atoms with E-state index >= 15 is 0 Å². The quantitative estimate of drug-likeness (QED) is 0.876. The van der Waals surface area contributed by atoms with E-state index < -0.39 is 11.6 Å². The fourth-order valence-corrected chi connectivity index (χ4v) is 4.05. The Morgan fingerprint density at radius 3 is 2.41 bits per heavy atom. The Hall–Kier alpha value is -3.03. The van der Waals surface area contributed by atoms with Crippen LogP contribution in [0, 0.1) is 6.92 Å². The summed E-state index contributed by atoms with van der Waals surface area (Å²) < 4.78 is 1.76. The molecule has 2 fully saturated rings. The van der Waals surface area contributed by atoms with E-state index in [9.17, 15) is 14.7 Å². The number of amides is 2. The second-order valence-corrected chi connectivity index (χ2v) is 7.21. The van der Waals surface area contributed by atoms with Crippen LogP contribution < -0.4 is 9.80 Å². The molecule has 0 bridgehead atoms. The molecule has 1 N–H and O–H groups in total. The molecular weight excluding hydrogens is 346 g/mol. The Kier molecular flexibility index (Phi) is 4.05. The van der Waals surface area contributed by atoms with Gasteiger partial charge in [-0.15, -0.1) is 0 Å². The predicted molar refractivity (Wildman–Crippen MR) is 101 cm³/mol. The Labute approximate surface area is 157 Å². The highest BCUT2D eigenvalue weighted by atomic mass is 16.4. The second kappa shape index (κ2) is 6.29. The van der Waals surface area contributed by atoms with Crippen molar-refractivity contribution in [1.29, 1.82) is 0 Å². The van der Waals surface area contributed by atoms with Gasteiger partial charge in [0, 0.05) is 37.6 Å². The molecule has 0 radical (unpaired) electrons. The van der Waals surface area contributed by atoms with Gasteiger partial charge in [0.25, 0.3) is 5.91 Å². The Morgan fingerprint density at radius 2 is 1.85 bits per heavy atom. The van der Waals surface area contributed by atoms with Crippen molar-refractivity contribution in [2.75, 3.05) is 29.6 Å². The highest BCUT2D eigenvalue weighted by Gasteiger charge is 2.55. The number of carbonyl (C=O) groups is 2. The normalized spacial score (nSPS) is 19.2. The van der Waals surface area contributed by atoms with E-state index in [1.807, 2.05) is 50.4 Å². The van der Waals surface area contributed by atoms with Gasteiger partial charge < -0.3 is 14.9 Å². The third-order valence-electron chi connectivity index (χ3n) is 5.75. The molecule has 0 saturated carbocycles. The van der Waals surface area contributed by atoms with Gasteiger partial charge in [-0.05, 0) is 31.9 Å². The van der Waals surface area contributed by atoms with E-state index in [0.717, 1.165) is 11.4 Å². The number of rotatable bonds is 2. The Bertz CT molecular complexity index is 851. The molecule has 2 amide bonds. The van der Waals surface area contributed by atoms with E-state index in [1.54, 1.807) is 9.58 Å². The molecule has 2 aliphatic heterocycles. The molecule has 1 aromatic carbocycles. The number of hydrogen-bond acceptors (Lipinski definition) is 4.